The third-order valence-corrected chi connectivity index (χ3v) is 14.1. The molecule has 3 radical (unpaired) electrons. The van der Waals surface area contributed by atoms with Gasteiger partial charge in [-0.3, -0.25) is 10.1 Å². The van der Waals surface area contributed by atoms with Crippen LogP contribution in [-0.4, -0.2) is 59.2 Å². The topological polar surface area (TPSA) is 110 Å². The van der Waals surface area contributed by atoms with Crippen molar-refractivity contribution < 1.29 is 29.2 Å². The number of nitrogens with zero attached hydrogens (tertiary/aromatic N) is 1. The van der Waals surface area contributed by atoms with Crippen molar-refractivity contribution in [2.75, 3.05) is 13.2 Å². The second kappa shape index (κ2) is 9.42. The van der Waals surface area contributed by atoms with Crippen molar-refractivity contribution in [2.45, 2.75) is 131 Å². The standard InChI is InChI=1S/C35H53N2O6/c1-19-15-21(29(31(5,6)40)41-20(2)38)42-27-26(19)32(7)13-14-35-17-34(35)12-11-24(43-25-16-36-18-37-25)30(3,4)22(34)9-10-23(35)33(32,8)28(27)39/h19,22,24,26,28-29,36,39-40H,9-18H2,1-8H3/t19-,22+,24?,26+,28+,29+,32-,33-,34-,35+/m1/s1. The zero-order valence-electron chi connectivity index (χ0n) is 27.5. The third-order valence-electron chi connectivity index (χ3n) is 14.1. The second-order valence-corrected chi connectivity index (χ2v) is 16.9. The Labute approximate surface area is 258 Å². The van der Waals surface area contributed by atoms with Crippen LogP contribution in [0.4, 0.5) is 0 Å². The van der Waals surface area contributed by atoms with Gasteiger partial charge in [0.1, 0.15) is 18.3 Å². The van der Waals surface area contributed by atoms with Gasteiger partial charge < -0.3 is 24.4 Å². The van der Waals surface area contributed by atoms with Gasteiger partial charge in [0, 0.05) is 23.7 Å². The van der Waals surface area contributed by atoms with E-state index in [1.807, 2.05) is 0 Å². The van der Waals surface area contributed by atoms with Crippen molar-refractivity contribution >= 4 is 11.9 Å². The van der Waals surface area contributed by atoms with E-state index in [9.17, 15) is 15.0 Å². The van der Waals surface area contributed by atoms with Gasteiger partial charge in [0.05, 0.1) is 24.9 Å². The summed E-state index contributed by atoms with van der Waals surface area (Å²) < 4.78 is 18.8. The molecule has 0 aromatic carbocycles. The summed E-state index contributed by atoms with van der Waals surface area (Å²) in [5.41, 5.74) is -1.30. The molecule has 5 saturated carbocycles. The molecule has 3 N–H and O–H groups in total. The van der Waals surface area contributed by atoms with Crippen molar-refractivity contribution in [1.29, 1.82) is 0 Å². The Morgan fingerprint density at radius 3 is 2.56 bits per heavy atom. The number of aliphatic hydroxyl groups excluding tert-OH is 1. The fourth-order valence-corrected chi connectivity index (χ4v) is 12.2. The van der Waals surface area contributed by atoms with Crippen molar-refractivity contribution in [3.63, 3.8) is 0 Å². The minimum atomic E-state index is -1.30. The SMILES string of the molecule is CC(=O)O[C@@H]([C]1C[C@@H](C)[C@H]2[C](O1)[C@H](O)[C@@]1(C)[C]3CC[C@H]4C(C)(C)C(OC5=NCNC5)CC[C@@]45C[C@@]35CC[C@]21C)C(C)(C)O. The summed E-state index contributed by atoms with van der Waals surface area (Å²) in [5, 5.41) is 26.6. The fraction of sp³-hybridized carbons (Fsp3) is 0.857. The Hall–Kier alpha value is -1.22. The summed E-state index contributed by atoms with van der Waals surface area (Å²) >= 11 is 0. The van der Waals surface area contributed by atoms with Gasteiger partial charge in [0.25, 0.3) is 0 Å². The number of ether oxygens (including phenoxy) is 3. The van der Waals surface area contributed by atoms with Gasteiger partial charge in [-0.15, -0.1) is 0 Å². The summed E-state index contributed by atoms with van der Waals surface area (Å²) in [7, 11) is 0. The van der Waals surface area contributed by atoms with Crippen LogP contribution < -0.4 is 5.32 Å². The van der Waals surface area contributed by atoms with Gasteiger partial charge in [-0.05, 0) is 99.2 Å². The van der Waals surface area contributed by atoms with Crippen LogP contribution in [0.25, 0.3) is 0 Å². The van der Waals surface area contributed by atoms with Gasteiger partial charge in [-0.2, -0.15) is 0 Å². The van der Waals surface area contributed by atoms with Crippen LogP contribution in [0.1, 0.15) is 107 Å². The number of carbonyl (C=O) groups is 1. The lowest BCUT2D eigenvalue weighted by Gasteiger charge is -2.63. The van der Waals surface area contributed by atoms with Gasteiger partial charge in [-0.1, -0.05) is 34.6 Å². The number of rotatable bonds is 4. The van der Waals surface area contributed by atoms with Crippen molar-refractivity contribution in [2.24, 2.45) is 49.8 Å². The monoisotopic (exact) mass is 597 g/mol. The van der Waals surface area contributed by atoms with Crippen molar-refractivity contribution in [3.8, 4) is 0 Å². The van der Waals surface area contributed by atoms with E-state index in [1.165, 1.54) is 26.2 Å². The number of aliphatic imine (C=N–C) groups is 1. The average molecular weight is 598 g/mol. The Bertz CT molecular complexity index is 1200. The lowest BCUT2D eigenvalue weighted by molar-refractivity contribution is -0.171. The van der Waals surface area contributed by atoms with E-state index in [-0.39, 0.29) is 39.6 Å². The summed E-state index contributed by atoms with van der Waals surface area (Å²) in [6.07, 6.45) is 8.34. The molecule has 8 nitrogen and oxygen atoms in total. The van der Waals surface area contributed by atoms with E-state index in [2.05, 4.69) is 44.9 Å². The van der Waals surface area contributed by atoms with Crippen molar-refractivity contribution in [1.82, 2.24) is 5.32 Å². The third kappa shape index (κ3) is 3.88. The largest absolute Gasteiger partial charge is 0.476 e. The normalized spacial score (nSPS) is 48.2. The molecule has 10 atom stereocenters. The highest BCUT2D eigenvalue weighted by atomic mass is 16.6. The first-order chi connectivity index (χ1) is 20.0. The molecule has 1 unspecified atom stereocenters. The minimum absolute atomic E-state index is 0.0569. The molecule has 2 aliphatic heterocycles. The number of nitrogens with one attached hydrogen (secondary N) is 1. The zero-order valence-corrected chi connectivity index (χ0v) is 27.5. The molecule has 239 valence electrons. The Morgan fingerprint density at radius 1 is 1.16 bits per heavy atom. The van der Waals surface area contributed by atoms with Crippen LogP contribution in [0, 0.1) is 63.0 Å². The number of aliphatic hydroxyl groups is 2. The molecular weight excluding hydrogens is 544 g/mol. The molecule has 6 fully saturated rings. The number of fused-ring (bicyclic) bond motifs is 4. The smallest absolute Gasteiger partial charge is 0.303 e. The van der Waals surface area contributed by atoms with E-state index in [0.717, 1.165) is 44.2 Å². The summed E-state index contributed by atoms with van der Waals surface area (Å²) in [5.74, 6) is 2.89. The highest BCUT2D eigenvalue weighted by molar-refractivity contribution is 5.79. The molecule has 43 heavy (non-hydrogen) atoms. The molecule has 0 amide bonds. The molecular formula is C35H53N2O6. The molecule has 0 bridgehead atoms. The van der Waals surface area contributed by atoms with Crippen LogP contribution in [0.5, 0.6) is 0 Å². The minimum Gasteiger partial charge on any atom is -0.476 e. The van der Waals surface area contributed by atoms with Crippen LogP contribution in [-0.2, 0) is 19.0 Å². The van der Waals surface area contributed by atoms with Crippen molar-refractivity contribution in [3.05, 3.63) is 18.1 Å². The highest BCUT2D eigenvalue weighted by Gasteiger charge is 2.85. The molecule has 5 aliphatic carbocycles. The first-order valence-corrected chi connectivity index (χ1v) is 16.8. The van der Waals surface area contributed by atoms with Gasteiger partial charge in [-0.25, -0.2) is 4.99 Å². The Balaban J connectivity index is 1.18. The molecule has 0 aromatic rings. The van der Waals surface area contributed by atoms with Gasteiger partial charge in [0.2, 0.25) is 0 Å². The molecule has 8 heteroatoms. The maximum absolute atomic E-state index is 12.4. The van der Waals surface area contributed by atoms with E-state index < -0.39 is 29.2 Å². The summed E-state index contributed by atoms with van der Waals surface area (Å²) in [6.45, 7) is 17.9. The summed E-state index contributed by atoms with van der Waals surface area (Å²) in [4.78, 5) is 16.5. The van der Waals surface area contributed by atoms with E-state index in [0.29, 0.717) is 25.1 Å². The molecule has 2 spiro atoms. The maximum atomic E-state index is 12.4. The average Bonchev–Trinajstić information content (AvgIpc) is 3.19. The highest BCUT2D eigenvalue weighted by Crippen LogP contribution is 2.90. The van der Waals surface area contributed by atoms with Crippen LogP contribution >= 0.6 is 0 Å². The summed E-state index contributed by atoms with van der Waals surface area (Å²) in [6, 6.07) is 0. The quantitative estimate of drug-likeness (QED) is 0.386. The zero-order chi connectivity index (χ0) is 31.0. The van der Waals surface area contributed by atoms with Crippen LogP contribution in [0.2, 0.25) is 0 Å². The first-order valence-electron chi connectivity index (χ1n) is 16.8. The molecule has 1 saturated heterocycles. The van der Waals surface area contributed by atoms with Crippen LogP contribution in [0.3, 0.4) is 0 Å². The molecule has 7 rings (SSSR count). The lowest BCUT2D eigenvalue weighted by atomic mass is 9.41. The predicted octanol–water partition coefficient (Wildman–Crippen LogP) is 5.13. The number of carbonyl (C=O) groups excluding carboxylic acids is 1. The fourth-order valence-electron chi connectivity index (χ4n) is 12.2. The van der Waals surface area contributed by atoms with E-state index in [4.69, 9.17) is 14.2 Å². The second-order valence-electron chi connectivity index (χ2n) is 16.9. The number of hydrogen-bond acceptors (Lipinski definition) is 8. The molecule has 0 aromatic heterocycles. The predicted molar refractivity (Wildman–Crippen MR) is 162 cm³/mol. The van der Waals surface area contributed by atoms with Gasteiger partial charge >= 0.3 is 5.97 Å². The van der Waals surface area contributed by atoms with E-state index >= 15 is 0 Å². The van der Waals surface area contributed by atoms with E-state index in [1.54, 1.807) is 19.8 Å². The number of hydrogen-bond donors (Lipinski definition) is 3. The lowest BCUT2D eigenvalue weighted by Crippen LogP contribution is -2.59. The molecule has 2 heterocycles. The maximum Gasteiger partial charge on any atom is 0.303 e. The Morgan fingerprint density at radius 2 is 1.91 bits per heavy atom. The van der Waals surface area contributed by atoms with Crippen LogP contribution in [0.15, 0.2) is 4.99 Å². The van der Waals surface area contributed by atoms with Gasteiger partial charge in [0.15, 0.2) is 12.0 Å². The number of esters is 1. The Kier molecular flexibility index (Phi) is 6.67. The first kappa shape index (κ1) is 30.4. The molecule has 7 aliphatic rings.